The summed E-state index contributed by atoms with van der Waals surface area (Å²) < 4.78 is 0. The number of likely N-dealkylation sites (tertiary alicyclic amines) is 1. The van der Waals surface area contributed by atoms with Crippen molar-refractivity contribution in [3.8, 4) is 0 Å². The first-order chi connectivity index (χ1) is 5.13. The van der Waals surface area contributed by atoms with Gasteiger partial charge >= 0.3 is 0 Å². The van der Waals surface area contributed by atoms with Gasteiger partial charge in [0.1, 0.15) is 0 Å². The van der Waals surface area contributed by atoms with E-state index in [-0.39, 0.29) is 11.8 Å². The maximum atomic E-state index is 11.0. The van der Waals surface area contributed by atoms with Gasteiger partial charge < -0.3 is 4.90 Å². The van der Waals surface area contributed by atoms with E-state index in [0.29, 0.717) is 0 Å². The molecule has 1 unspecified atom stereocenters. The second-order valence-electron chi connectivity index (χ2n) is 2.57. The number of hydrogen-bond donors (Lipinski definition) is 0. The molecule has 1 rings (SSSR count). The van der Waals surface area contributed by atoms with Crippen LogP contribution in [-0.4, -0.2) is 24.4 Å². The summed E-state index contributed by atoms with van der Waals surface area (Å²) in [6.07, 6.45) is 0. The Kier molecular flexibility index (Phi) is 3.86. The molecule has 0 saturated carbocycles. The van der Waals surface area contributed by atoms with E-state index < -0.39 is 0 Å². The van der Waals surface area contributed by atoms with Gasteiger partial charge in [0.15, 0.2) is 0 Å². The van der Waals surface area contributed by atoms with Crippen LogP contribution in [0.3, 0.4) is 0 Å². The smallest absolute Gasteiger partial charge is 0.229 e. The molecular formula is C9H17NO. The predicted molar refractivity (Wildman–Crippen MR) is 47.3 cm³/mol. The highest BCUT2D eigenvalue weighted by atomic mass is 16.2. The van der Waals surface area contributed by atoms with Crippen LogP contribution < -0.4 is 0 Å². The first-order valence-electron chi connectivity index (χ1n) is 4.05. The third-order valence-electron chi connectivity index (χ3n) is 1.80. The number of carbonyl (C=O) groups is 1. The minimum absolute atomic E-state index is 0.0509. The van der Waals surface area contributed by atoms with Gasteiger partial charge in [0.05, 0.1) is 5.92 Å². The Morgan fingerprint density at radius 1 is 1.55 bits per heavy atom. The van der Waals surface area contributed by atoms with E-state index in [2.05, 4.69) is 6.58 Å². The third kappa shape index (κ3) is 2.07. The molecule has 1 aliphatic heterocycles. The lowest BCUT2D eigenvalue weighted by atomic mass is 10.1. The van der Waals surface area contributed by atoms with Crippen LogP contribution in [-0.2, 0) is 4.79 Å². The first-order valence-corrected chi connectivity index (χ1v) is 4.05. The summed E-state index contributed by atoms with van der Waals surface area (Å²) in [5, 5.41) is 0. The average molecular weight is 155 g/mol. The molecule has 1 amide bonds. The zero-order valence-electron chi connectivity index (χ0n) is 7.85. The molecule has 11 heavy (non-hydrogen) atoms. The number of rotatable bonds is 0. The van der Waals surface area contributed by atoms with Crippen molar-refractivity contribution in [1.82, 2.24) is 4.90 Å². The van der Waals surface area contributed by atoms with Crippen LogP contribution in [0.5, 0.6) is 0 Å². The van der Waals surface area contributed by atoms with Crippen LogP contribution >= 0.6 is 0 Å². The van der Waals surface area contributed by atoms with Crippen molar-refractivity contribution < 1.29 is 4.79 Å². The standard InChI is InChI=1S/C7H11NO.C2H6/c1-5-4-8(3)7(9)6(5)2;1-2/h6H,1,4H2,2-3H3;1-2H3. The monoisotopic (exact) mass is 155 g/mol. The van der Waals surface area contributed by atoms with Gasteiger partial charge in [-0.2, -0.15) is 0 Å². The Morgan fingerprint density at radius 2 is 2.00 bits per heavy atom. The lowest BCUT2D eigenvalue weighted by Gasteiger charge is -2.04. The highest BCUT2D eigenvalue weighted by molar-refractivity contribution is 5.84. The lowest BCUT2D eigenvalue weighted by Crippen LogP contribution is -2.21. The van der Waals surface area contributed by atoms with Crippen molar-refractivity contribution in [1.29, 1.82) is 0 Å². The Morgan fingerprint density at radius 3 is 2.09 bits per heavy atom. The van der Waals surface area contributed by atoms with Crippen LogP contribution in [0, 0.1) is 5.92 Å². The van der Waals surface area contributed by atoms with Crippen LogP contribution in [0.15, 0.2) is 12.2 Å². The minimum atomic E-state index is 0.0509. The van der Waals surface area contributed by atoms with E-state index in [1.165, 1.54) is 0 Å². The van der Waals surface area contributed by atoms with E-state index in [9.17, 15) is 4.79 Å². The summed E-state index contributed by atoms with van der Waals surface area (Å²) >= 11 is 0. The van der Waals surface area contributed by atoms with Gasteiger partial charge in [-0.25, -0.2) is 0 Å². The normalized spacial score (nSPS) is 23.3. The fraction of sp³-hybridized carbons (Fsp3) is 0.667. The van der Waals surface area contributed by atoms with Crippen molar-refractivity contribution in [3.05, 3.63) is 12.2 Å². The first kappa shape index (κ1) is 10.2. The topological polar surface area (TPSA) is 20.3 Å². The van der Waals surface area contributed by atoms with Gasteiger partial charge in [-0.1, -0.05) is 20.4 Å². The van der Waals surface area contributed by atoms with Crippen LogP contribution in [0.1, 0.15) is 20.8 Å². The molecule has 0 radical (unpaired) electrons. The molecule has 0 aromatic heterocycles. The summed E-state index contributed by atoms with van der Waals surface area (Å²) in [5.74, 6) is 0.245. The van der Waals surface area contributed by atoms with Crippen LogP contribution in [0.2, 0.25) is 0 Å². The number of likely N-dealkylation sites (N-methyl/N-ethyl adjacent to an activating group) is 1. The Labute approximate surface area is 68.9 Å². The van der Waals surface area contributed by atoms with Crippen molar-refractivity contribution in [2.45, 2.75) is 20.8 Å². The van der Waals surface area contributed by atoms with E-state index in [1.54, 1.807) is 11.9 Å². The number of nitrogens with zero attached hydrogens (tertiary/aromatic N) is 1. The Hall–Kier alpha value is -0.790. The van der Waals surface area contributed by atoms with Gasteiger partial charge in [-0.3, -0.25) is 4.79 Å². The van der Waals surface area contributed by atoms with E-state index >= 15 is 0 Å². The maximum absolute atomic E-state index is 11.0. The quantitative estimate of drug-likeness (QED) is 0.487. The highest BCUT2D eigenvalue weighted by Gasteiger charge is 2.27. The van der Waals surface area contributed by atoms with Gasteiger partial charge in [0, 0.05) is 13.6 Å². The van der Waals surface area contributed by atoms with Crippen molar-refractivity contribution >= 4 is 5.91 Å². The van der Waals surface area contributed by atoms with E-state index in [1.807, 2.05) is 20.8 Å². The largest absolute Gasteiger partial charge is 0.341 e. The molecule has 0 N–H and O–H groups in total. The molecule has 0 aliphatic carbocycles. The van der Waals surface area contributed by atoms with Gasteiger partial charge in [0.2, 0.25) is 5.91 Å². The summed E-state index contributed by atoms with van der Waals surface area (Å²) in [7, 11) is 1.80. The molecule has 2 nitrogen and oxygen atoms in total. The molecular weight excluding hydrogens is 138 g/mol. The van der Waals surface area contributed by atoms with Gasteiger partial charge in [-0.05, 0) is 12.5 Å². The molecule has 0 aromatic rings. The molecule has 0 aromatic carbocycles. The molecule has 1 atom stereocenters. The highest BCUT2D eigenvalue weighted by Crippen LogP contribution is 2.19. The zero-order chi connectivity index (χ0) is 9.02. The molecule has 1 aliphatic rings. The fourth-order valence-corrected chi connectivity index (χ4v) is 1.02. The molecule has 0 spiro atoms. The van der Waals surface area contributed by atoms with Crippen molar-refractivity contribution in [3.63, 3.8) is 0 Å². The molecule has 64 valence electrons. The fourth-order valence-electron chi connectivity index (χ4n) is 1.02. The number of amides is 1. The zero-order valence-corrected chi connectivity index (χ0v) is 7.85. The predicted octanol–water partition coefficient (Wildman–Crippen LogP) is 1.68. The summed E-state index contributed by atoms with van der Waals surface area (Å²) in [5.41, 5.74) is 1.03. The molecule has 2 heteroatoms. The third-order valence-corrected chi connectivity index (χ3v) is 1.80. The van der Waals surface area contributed by atoms with Gasteiger partial charge in [0.25, 0.3) is 0 Å². The minimum Gasteiger partial charge on any atom is -0.341 e. The van der Waals surface area contributed by atoms with Crippen molar-refractivity contribution in [2.24, 2.45) is 5.92 Å². The number of carbonyl (C=O) groups excluding carboxylic acids is 1. The second-order valence-corrected chi connectivity index (χ2v) is 2.57. The molecule has 1 heterocycles. The van der Waals surface area contributed by atoms with E-state index in [4.69, 9.17) is 0 Å². The molecule has 1 saturated heterocycles. The van der Waals surface area contributed by atoms with Crippen LogP contribution in [0.25, 0.3) is 0 Å². The van der Waals surface area contributed by atoms with Crippen molar-refractivity contribution in [2.75, 3.05) is 13.6 Å². The number of hydrogen-bond acceptors (Lipinski definition) is 1. The van der Waals surface area contributed by atoms with E-state index in [0.717, 1.165) is 12.1 Å². The molecule has 0 bridgehead atoms. The summed E-state index contributed by atoms with van der Waals surface area (Å²) in [6.45, 7) is 10.4. The van der Waals surface area contributed by atoms with Crippen LogP contribution in [0.4, 0.5) is 0 Å². The lowest BCUT2D eigenvalue weighted by molar-refractivity contribution is -0.129. The SMILES string of the molecule is C=C1CN(C)C(=O)C1C.CC. The average Bonchev–Trinajstić information content (AvgIpc) is 2.22. The second kappa shape index (κ2) is 4.16. The summed E-state index contributed by atoms with van der Waals surface area (Å²) in [4.78, 5) is 12.7. The molecule has 1 fully saturated rings. The maximum Gasteiger partial charge on any atom is 0.229 e. The summed E-state index contributed by atoms with van der Waals surface area (Å²) in [6, 6.07) is 0. The van der Waals surface area contributed by atoms with Gasteiger partial charge in [-0.15, -0.1) is 0 Å². The Balaban J connectivity index is 0.000000461. The Bertz CT molecular complexity index is 163.